The molecule has 0 aromatic carbocycles. The number of Topliss-reactive ketones (excluding diaryl/α,β-unsaturated/α-hetero) is 1. The van der Waals surface area contributed by atoms with E-state index in [-0.39, 0.29) is 5.78 Å². The second kappa shape index (κ2) is 17.0. The summed E-state index contributed by atoms with van der Waals surface area (Å²) in [6.07, 6.45) is 17.8. The molecular weight excluding hydrogens is 272 g/mol. The fourth-order valence-electron chi connectivity index (χ4n) is 2.88. The van der Waals surface area contributed by atoms with E-state index in [2.05, 4.69) is 13.8 Å². The van der Waals surface area contributed by atoms with Crippen LogP contribution in [0.5, 0.6) is 0 Å². The Morgan fingerprint density at radius 1 is 0.682 bits per heavy atom. The van der Waals surface area contributed by atoms with Crippen LogP contribution in [0.2, 0.25) is 0 Å². The first-order valence-electron chi connectivity index (χ1n) is 9.93. The number of rotatable bonds is 17. The van der Waals surface area contributed by atoms with Crippen molar-refractivity contribution in [3.05, 3.63) is 0 Å². The number of hydrogen-bond donors (Lipinski definition) is 1. The summed E-state index contributed by atoms with van der Waals surface area (Å²) in [7, 11) is 0. The first kappa shape index (κ1) is 21.6. The Hall–Kier alpha value is -0.370. The lowest BCUT2D eigenvalue weighted by Gasteiger charge is -2.09. The minimum Gasteiger partial charge on any atom is -0.385 e. The molecule has 1 atom stereocenters. The van der Waals surface area contributed by atoms with Crippen LogP contribution in [0.3, 0.4) is 0 Å². The highest BCUT2D eigenvalue weighted by Gasteiger charge is 2.13. The van der Waals surface area contributed by atoms with Gasteiger partial charge in [0.25, 0.3) is 0 Å². The number of aliphatic hydroxyl groups is 1. The van der Waals surface area contributed by atoms with Gasteiger partial charge in [-0.15, -0.1) is 0 Å². The minimum absolute atomic E-state index is 0.0658. The largest absolute Gasteiger partial charge is 0.385 e. The Morgan fingerprint density at radius 2 is 1.09 bits per heavy atom. The first-order chi connectivity index (χ1) is 10.7. The molecule has 0 rings (SSSR count). The van der Waals surface area contributed by atoms with E-state index in [0.29, 0.717) is 12.8 Å². The molecule has 0 radical (unpaired) electrons. The minimum atomic E-state index is -0.698. The van der Waals surface area contributed by atoms with E-state index in [1.807, 2.05) is 0 Å². The van der Waals surface area contributed by atoms with Crippen molar-refractivity contribution < 1.29 is 9.90 Å². The lowest BCUT2D eigenvalue weighted by atomic mass is 10.0. The van der Waals surface area contributed by atoms with Gasteiger partial charge in [0.1, 0.15) is 6.10 Å². The zero-order valence-corrected chi connectivity index (χ0v) is 15.2. The number of carbonyl (C=O) groups is 1. The van der Waals surface area contributed by atoms with Gasteiger partial charge in [-0.1, -0.05) is 97.3 Å². The molecule has 0 amide bonds. The summed E-state index contributed by atoms with van der Waals surface area (Å²) in [5.41, 5.74) is 0. The van der Waals surface area contributed by atoms with Crippen molar-refractivity contribution in [2.75, 3.05) is 0 Å². The average molecular weight is 313 g/mol. The third-order valence-corrected chi connectivity index (χ3v) is 4.48. The number of ketones is 1. The van der Waals surface area contributed by atoms with Gasteiger partial charge in [-0.3, -0.25) is 4.79 Å². The van der Waals surface area contributed by atoms with Gasteiger partial charge in [-0.05, 0) is 12.8 Å². The maximum atomic E-state index is 11.8. The van der Waals surface area contributed by atoms with Gasteiger partial charge < -0.3 is 5.11 Å². The number of carbonyl (C=O) groups excluding carboxylic acids is 1. The molecule has 1 unspecified atom stereocenters. The van der Waals surface area contributed by atoms with Crippen LogP contribution in [0.25, 0.3) is 0 Å². The van der Waals surface area contributed by atoms with Gasteiger partial charge in [0.2, 0.25) is 0 Å². The van der Waals surface area contributed by atoms with Gasteiger partial charge in [-0.25, -0.2) is 0 Å². The molecule has 1 N–H and O–H groups in total. The fourth-order valence-corrected chi connectivity index (χ4v) is 2.88. The highest BCUT2D eigenvalue weighted by molar-refractivity contribution is 5.82. The van der Waals surface area contributed by atoms with Gasteiger partial charge in [0.05, 0.1) is 0 Å². The summed E-state index contributed by atoms with van der Waals surface area (Å²) in [6.45, 7) is 4.44. The molecule has 0 fully saturated rings. The Bertz CT molecular complexity index is 238. The molecule has 0 saturated carbocycles. The molecule has 132 valence electrons. The van der Waals surface area contributed by atoms with Crippen LogP contribution >= 0.6 is 0 Å². The molecule has 2 nitrogen and oxygen atoms in total. The van der Waals surface area contributed by atoms with E-state index in [0.717, 1.165) is 25.7 Å². The quantitative estimate of drug-likeness (QED) is 0.325. The lowest BCUT2D eigenvalue weighted by Crippen LogP contribution is -2.19. The van der Waals surface area contributed by atoms with Gasteiger partial charge >= 0.3 is 0 Å². The van der Waals surface area contributed by atoms with E-state index < -0.39 is 6.10 Å². The van der Waals surface area contributed by atoms with Crippen molar-refractivity contribution in [2.24, 2.45) is 0 Å². The molecule has 0 aliphatic heterocycles. The maximum Gasteiger partial charge on any atom is 0.161 e. The average Bonchev–Trinajstić information content (AvgIpc) is 2.52. The van der Waals surface area contributed by atoms with Crippen LogP contribution in [-0.2, 0) is 4.79 Å². The standard InChI is InChI=1S/C20H40O2/c1-3-5-7-9-10-11-12-14-16-18-20(22)19(21)17-15-13-8-6-4-2/h20,22H,3-18H2,1-2H3. The summed E-state index contributed by atoms with van der Waals surface area (Å²) in [6, 6.07) is 0. The molecule has 22 heavy (non-hydrogen) atoms. The predicted molar refractivity (Wildman–Crippen MR) is 96.2 cm³/mol. The van der Waals surface area contributed by atoms with Crippen LogP contribution in [-0.4, -0.2) is 17.0 Å². The Balaban J connectivity index is 3.33. The second-order valence-electron chi connectivity index (χ2n) is 6.76. The van der Waals surface area contributed by atoms with Crippen molar-refractivity contribution in [3.8, 4) is 0 Å². The molecule has 0 aromatic heterocycles. The van der Waals surface area contributed by atoms with Crippen LogP contribution in [0, 0.1) is 0 Å². The second-order valence-corrected chi connectivity index (χ2v) is 6.76. The van der Waals surface area contributed by atoms with E-state index in [1.165, 1.54) is 64.2 Å². The Labute approximate surface area is 139 Å². The smallest absolute Gasteiger partial charge is 0.161 e. The van der Waals surface area contributed by atoms with E-state index in [4.69, 9.17) is 0 Å². The van der Waals surface area contributed by atoms with Gasteiger partial charge in [0.15, 0.2) is 5.78 Å². The first-order valence-corrected chi connectivity index (χ1v) is 9.93. The number of unbranched alkanes of at least 4 members (excludes halogenated alkanes) is 12. The van der Waals surface area contributed by atoms with Crippen LogP contribution < -0.4 is 0 Å². The van der Waals surface area contributed by atoms with Crippen molar-refractivity contribution in [1.29, 1.82) is 0 Å². The summed E-state index contributed by atoms with van der Waals surface area (Å²) in [4.78, 5) is 11.8. The van der Waals surface area contributed by atoms with Crippen LogP contribution in [0.4, 0.5) is 0 Å². The molecule has 0 spiro atoms. The molecule has 0 saturated heterocycles. The fraction of sp³-hybridized carbons (Fsp3) is 0.950. The van der Waals surface area contributed by atoms with Crippen LogP contribution in [0.1, 0.15) is 117 Å². The summed E-state index contributed by atoms with van der Waals surface area (Å²) in [5, 5.41) is 9.87. The third kappa shape index (κ3) is 14.6. The molecule has 0 aromatic rings. The predicted octanol–water partition coefficient (Wildman–Crippen LogP) is 6.20. The molecular formula is C20H40O2. The molecule has 0 bridgehead atoms. The van der Waals surface area contributed by atoms with Crippen molar-refractivity contribution in [1.82, 2.24) is 0 Å². The lowest BCUT2D eigenvalue weighted by molar-refractivity contribution is -0.127. The van der Waals surface area contributed by atoms with E-state index >= 15 is 0 Å². The molecule has 0 aliphatic carbocycles. The number of aliphatic hydroxyl groups excluding tert-OH is 1. The van der Waals surface area contributed by atoms with Crippen molar-refractivity contribution >= 4 is 5.78 Å². The van der Waals surface area contributed by atoms with E-state index in [9.17, 15) is 9.90 Å². The molecule has 0 aliphatic rings. The summed E-state index contributed by atoms with van der Waals surface area (Å²) >= 11 is 0. The Kier molecular flexibility index (Phi) is 16.7. The molecule has 0 heterocycles. The monoisotopic (exact) mass is 312 g/mol. The Morgan fingerprint density at radius 3 is 1.59 bits per heavy atom. The van der Waals surface area contributed by atoms with E-state index in [1.54, 1.807) is 0 Å². The zero-order valence-electron chi connectivity index (χ0n) is 15.2. The van der Waals surface area contributed by atoms with Gasteiger partial charge in [-0.2, -0.15) is 0 Å². The van der Waals surface area contributed by atoms with Crippen LogP contribution in [0.15, 0.2) is 0 Å². The van der Waals surface area contributed by atoms with Crippen molar-refractivity contribution in [2.45, 2.75) is 123 Å². The van der Waals surface area contributed by atoms with Crippen molar-refractivity contribution in [3.63, 3.8) is 0 Å². The summed E-state index contributed by atoms with van der Waals surface area (Å²) < 4.78 is 0. The SMILES string of the molecule is CCCCCCCCCCCC(O)C(=O)CCCCCCC. The maximum absolute atomic E-state index is 11.8. The highest BCUT2D eigenvalue weighted by Crippen LogP contribution is 2.13. The molecule has 2 heteroatoms. The topological polar surface area (TPSA) is 37.3 Å². The summed E-state index contributed by atoms with van der Waals surface area (Å²) in [5.74, 6) is 0.0658. The highest BCUT2D eigenvalue weighted by atomic mass is 16.3. The third-order valence-electron chi connectivity index (χ3n) is 4.48. The number of hydrogen-bond acceptors (Lipinski definition) is 2. The normalized spacial score (nSPS) is 12.5. The zero-order chi connectivity index (χ0) is 16.5. The van der Waals surface area contributed by atoms with Gasteiger partial charge in [0, 0.05) is 6.42 Å².